The number of hydrazone groups is 1. The van der Waals surface area contributed by atoms with Gasteiger partial charge in [-0.3, -0.25) is 4.79 Å². The molecular weight excluding hydrogens is 440 g/mol. The lowest BCUT2D eigenvalue weighted by Crippen LogP contribution is -2.21. The van der Waals surface area contributed by atoms with E-state index in [9.17, 15) is 4.79 Å². The SMILES string of the molecule is COc1cccc(OCCOc2ccc(Cl)cc2/C=C2\C(=O)N(c3ccccc3)N=C2C)c1. The maximum atomic E-state index is 13.0. The van der Waals surface area contributed by atoms with Gasteiger partial charge in [0.1, 0.15) is 30.5 Å². The van der Waals surface area contributed by atoms with E-state index < -0.39 is 0 Å². The Bertz CT molecular complexity index is 1210. The fourth-order valence-electron chi connectivity index (χ4n) is 3.35. The van der Waals surface area contributed by atoms with E-state index in [1.54, 1.807) is 38.3 Å². The first kappa shape index (κ1) is 22.4. The van der Waals surface area contributed by atoms with E-state index in [2.05, 4.69) is 5.10 Å². The fraction of sp³-hybridized carbons (Fsp3) is 0.154. The molecule has 0 aromatic heterocycles. The van der Waals surface area contributed by atoms with Gasteiger partial charge in [-0.1, -0.05) is 35.9 Å². The molecular formula is C26H23ClN2O4. The maximum Gasteiger partial charge on any atom is 0.280 e. The molecule has 0 saturated heterocycles. The van der Waals surface area contributed by atoms with Crippen molar-refractivity contribution in [1.29, 1.82) is 0 Å². The summed E-state index contributed by atoms with van der Waals surface area (Å²) < 4.78 is 16.9. The highest BCUT2D eigenvalue weighted by Gasteiger charge is 2.28. The minimum atomic E-state index is -0.203. The summed E-state index contributed by atoms with van der Waals surface area (Å²) >= 11 is 6.22. The minimum absolute atomic E-state index is 0.203. The second-order valence-electron chi connectivity index (χ2n) is 7.25. The number of carbonyl (C=O) groups excluding carboxylic acids is 1. The molecule has 0 saturated carbocycles. The third kappa shape index (κ3) is 5.35. The van der Waals surface area contributed by atoms with Crippen LogP contribution in [-0.2, 0) is 4.79 Å². The molecule has 0 N–H and O–H groups in total. The minimum Gasteiger partial charge on any atom is -0.497 e. The number of benzene rings is 3. The highest BCUT2D eigenvalue weighted by Crippen LogP contribution is 2.29. The van der Waals surface area contributed by atoms with Crippen molar-refractivity contribution in [2.24, 2.45) is 5.10 Å². The van der Waals surface area contributed by atoms with Gasteiger partial charge in [0.15, 0.2) is 0 Å². The highest BCUT2D eigenvalue weighted by molar-refractivity contribution is 6.33. The first-order chi connectivity index (χ1) is 16.0. The number of nitrogens with zero attached hydrogens (tertiary/aromatic N) is 2. The molecule has 1 heterocycles. The summed E-state index contributed by atoms with van der Waals surface area (Å²) in [7, 11) is 1.61. The number of para-hydroxylation sites is 1. The lowest BCUT2D eigenvalue weighted by atomic mass is 10.1. The number of halogens is 1. The number of hydrogen-bond donors (Lipinski definition) is 0. The molecule has 0 fully saturated rings. The van der Waals surface area contributed by atoms with E-state index in [1.807, 2.05) is 54.6 Å². The van der Waals surface area contributed by atoms with Gasteiger partial charge in [0, 0.05) is 16.7 Å². The standard InChI is InChI=1S/C26H23ClN2O4/c1-18-24(26(30)29(28-18)21-7-4-3-5-8-21)16-19-15-20(27)11-12-25(19)33-14-13-32-23-10-6-9-22(17-23)31-2/h3-12,15-17H,13-14H2,1-2H3/b24-16-. The first-order valence-corrected chi connectivity index (χ1v) is 10.8. The van der Waals surface area contributed by atoms with Crippen LogP contribution in [0.15, 0.2) is 83.5 Å². The van der Waals surface area contributed by atoms with Gasteiger partial charge in [0.05, 0.1) is 24.1 Å². The summed E-state index contributed by atoms with van der Waals surface area (Å²) in [6, 6.07) is 22.0. The van der Waals surface area contributed by atoms with Crippen LogP contribution in [0.5, 0.6) is 17.2 Å². The normalized spacial score (nSPS) is 14.4. The second-order valence-corrected chi connectivity index (χ2v) is 7.69. The van der Waals surface area contributed by atoms with Crippen molar-refractivity contribution in [3.05, 3.63) is 89.0 Å². The second kappa shape index (κ2) is 10.2. The van der Waals surface area contributed by atoms with Crippen LogP contribution in [0.25, 0.3) is 6.08 Å². The Morgan fingerprint density at radius 1 is 0.939 bits per heavy atom. The summed E-state index contributed by atoms with van der Waals surface area (Å²) in [5, 5.41) is 6.36. The number of amides is 1. The van der Waals surface area contributed by atoms with Gasteiger partial charge in [-0.2, -0.15) is 10.1 Å². The molecule has 168 valence electrons. The zero-order chi connectivity index (χ0) is 23.2. The number of ether oxygens (including phenoxy) is 3. The fourth-order valence-corrected chi connectivity index (χ4v) is 3.53. The Kier molecular flexibility index (Phi) is 6.95. The Morgan fingerprint density at radius 2 is 1.70 bits per heavy atom. The van der Waals surface area contributed by atoms with Gasteiger partial charge >= 0.3 is 0 Å². The monoisotopic (exact) mass is 462 g/mol. The summed E-state index contributed by atoms with van der Waals surface area (Å²) in [6.07, 6.45) is 1.76. The average Bonchev–Trinajstić information content (AvgIpc) is 3.12. The largest absolute Gasteiger partial charge is 0.497 e. The van der Waals surface area contributed by atoms with Crippen LogP contribution >= 0.6 is 11.6 Å². The highest BCUT2D eigenvalue weighted by atomic mass is 35.5. The van der Waals surface area contributed by atoms with E-state index >= 15 is 0 Å². The van der Waals surface area contributed by atoms with Gasteiger partial charge in [-0.05, 0) is 55.5 Å². The number of carbonyl (C=O) groups is 1. The first-order valence-electron chi connectivity index (χ1n) is 10.4. The van der Waals surface area contributed by atoms with Crippen molar-refractivity contribution in [2.75, 3.05) is 25.3 Å². The molecule has 33 heavy (non-hydrogen) atoms. The molecule has 1 amide bonds. The molecule has 1 aliphatic rings. The third-order valence-corrected chi connectivity index (χ3v) is 5.22. The number of rotatable bonds is 8. The van der Waals surface area contributed by atoms with Crippen molar-refractivity contribution >= 4 is 35.0 Å². The summed E-state index contributed by atoms with van der Waals surface area (Å²) in [4.78, 5) is 13.0. The van der Waals surface area contributed by atoms with Crippen LogP contribution < -0.4 is 19.2 Å². The summed E-state index contributed by atoms with van der Waals surface area (Å²) in [5.41, 5.74) is 2.51. The van der Waals surface area contributed by atoms with Crippen molar-refractivity contribution in [3.8, 4) is 17.2 Å². The topological polar surface area (TPSA) is 60.4 Å². The van der Waals surface area contributed by atoms with Crippen LogP contribution in [0.2, 0.25) is 5.02 Å². The molecule has 0 aliphatic carbocycles. The van der Waals surface area contributed by atoms with E-state index in [0.717, 1.165) is 5.75 Å². The Hall–Kier alpha value is -3.77. The van der Waals surface area contributed by atoms with Crippen molar-refractivity contribution in [3.63, 3.8) is 0 Å². The van der Waals surface area contributed by atoms with Crippen LogP contribution in [0.4, 0.5) is 5.69 Å². The molecule has 0 bridgehead atoms. The quantitative estimate of drug-likeness (QED) is 0.322. The smallest absolute Gasteiger partial charge is 0.280 e. The molecule has 3 aromatic rings. The van der Waals surface area contributed by atoms with Gasteiger partial charge in [-0.15, -0.1) is 0 Å². The van der Waals surface area contributed by atoms with Gasteiger partial charge in [0.25, 0.3) is 5.91 Å². The van der Waals surface area contributed by atoms with E-state index in [1.165, 1.54) is 5.01 Å². The van der Waals surface area contributed by atoms with Crippen molar-refractivity contribution < 1.29 is 19.0 Å². The van der Waals surface area contributed by atoms with E-state index in [-0.39, 0.29) is 5.91 Å². The molecule has 3 aromatic carbocycles. The summed E-state index contributed by atoms with van der Waals surface area (Å²) in [5.74, 6) is 1.81. The zero-order valence-corrected chi connectivity index (χ0v) is 19.1. The van der Waals surface area contributed by atoms with Crippen molar-refractivity contribution in [1.82, 2.24) is 0 Å². The molecule has 1 aliphatic heterocycles. The van der Waals surface area contributed by atoms with Gasteiger partial charge in [-0.25, -0.2) is 0 Å². The molecule has 6 nitrogen and oxygen atoms in total. The summed E-state index contributed by atoms with van der Waals surface area (Å²) in [6.45, 7) is 2.46. The lowest BCUT2D eigenvalue weighted by Gasteiger charge is -2.13. The van der Waals surface area contributed by atoms with Crippen LogP contribution in [0.1, 0.15) is 12.5 Å². The number of hydrogen-bond acceptors (Lipinski definition) is 5. The Labute approximate surface area is 197 Å². The molecule has 4 rings (SSSR count). The van der Waals surface area contributed by atoms with E-state index in [0.29, 0.717) is 52.3 Å². The van der Waals surface area contributed by atoms with Crippen molar-refractivity contribution in [2.45, 2.75) is 6.92 Å². The van der Waals surface area contributed by atoms with Gasteiger partial charge in [0.2, 0.25) is 0 Å². The molecule has 7 heteroatoms. The van der Waals surface area contributed by atoms with Crippen LogP contribution in [-0.4, -0.2) is 31.9 Å². The number of methoxy groups -OCH3 is 1. The van der Waals surface area contributed by atoms with E-state index in [4.69, 9.17) is 25.8 Å². The average molecular weight is 463 g/mol. The predicted octanol–water partition coefficient (Wildman–Crippen LogP) is 5.61. The lowest BCUT2D eigenvalue weighted by molar-refractivity contribution is -0.114. The predicted molar refractivity (Wildman–Crippen MR) is 130 cm³/mol. The Balaban J connectivity index is 1.47. The third-order valence-electron chi connectivity index (χ3n) is 4.99. The molecule has 0 unspecified atom stereocenters. The Morgan fingerprint density at radius 3 is 2.48 bits per heavy atom. The van der Waals surface area contributed by atoms with Gasteiger partial charge < -0.3 is 14.2 Å². The van der Waals surface area contributed by atoms with Crippen LogP contribution in [0, 0.1) is 0 Å². The molecule has 0 radical (unpaired) electrons. The molecule has 0 spiro atoms. The molecule has 0 atom stereocenters. The maximum absolute atomic E-state index is 13.0. The van der Waals surface area contributed by atoms with Crippen LogP contribution in [0.3, 0.4) is 0 Å². The zero-order valence-electron chi connectivity index (χ0n) is 18.3. The number of anilines is 1.